The van der Waals surface area contributed by atoms with Crippen LogP contribution in [0.5, 0.6) is 11.5 Å². The number of ether oxygens (including phenoxy) is 2. The van der Waals surface area contributed by atoms with Crippen LogP contribution < -0.4 is 14.8 Å². The first-order chi connectivity index (χ1) is 16.7. The van der Waals surface area contributed by atoms with Crippen LogP contribution in [0.1, 0.15) is 10.4 Å². The van der Waals surface area contributed by atoms with Gasteiger partial charge in [0.15, 0.2) is 5.13 Å². The molecule has 0 aliphatic heterocycles. The minimum absolute atomic E-state index is 0.249. The first-order valence-electron chi connectivity index (χ1n) is 10.6. The number of nitrogens with zero attached hydrogens (tertiary/aromatic N) is 2. The molecule has 0 atom stereocenters. The molecular formula is C27H21N3O3S. The number of carbonyl (C=O) groups is 1. The van der Waals surface area contributed by atoms with Gasteiger partial charge in [0.05, 0.1) is 36.7 Å². The van der Waals surface area contributed by atoms with E-state index in [4.69, 9.17) is 14.5 Å². The van der Waals surface area contributed by atoms with E-state index in [0.717, 1.165) is 22.2 Å². The van der Waals surface area contributed by atoms with E-state index in [0.29, 0.717) is 33.4 Å². The fraction of sp³-hybridized carbons (Fsp3) is 0.0741. The second kappa shape index (κ2) is 9.33. The smallest absolute Gasteiger partial charge is 0.258 e. The molecule has 0 aliphatic carbocycles. The van der Waals surface area contributed by atoms with Crippen LogP contribution in [0.2, 0.25) is 0 Å². The first-order valence-corrected chi connectivity index (χ1v) is 11.5. The van der Waals surface area contributed by atoms with Gasteiger partial charge in [-0.1, -0.05) is 48.5 Å². The van der Waals surface area contributed by atoms with Crippen LogP contribution in [0, 0.1) is 0 Å². The molecule has 0 fully saturated rings. The molecule has 0 aliphatic rings. The van der Waals surface area contributed by atoms with E-state index in [1.54, 1.807) is 26.4 Å². The number of rotatable bonds is 6. The predicted octanol–water partition coefficient (Wildman–Crippen LogP) is 6.29. The highest BCUT2D eigenvalue weighted by Gasteiger charge is 2.18. The second-order valence-electron chi connectivity index (χ2n) is 7.50. The number of aromatic nitrogens is 2. The van der Waals surface area contributed by atoms with Crippen LogP contribution >= 0.6 is 11.3 Å². The summed E-state index contributed by atoms with van der Waals surface area (Å²) in [5, 5.41) is 6.19. The lowest BCUT2D eigenvalue weighted by molar-refractivity contribution is 0.102. The molecule has 0 unspecified atom stereocenters. The molecule has 1 N–H and O–H groups in total. The van der Waals surface area contributed by atoms with E-state index in [-0.39, 0.29) is 5.91 Å². The number of hydrogen-bond donors (Lipinski definition) is 1. The molecule has 6 nitrogen and oxygen atoms in total. The standard InChI is InChI=1S/C27H21N3O3S/c1-32-18-12-13-20(25(14-18)33-2)23-15-21(19-10-6-7-11-22(19)28-23)26(31)30-27-29-24(16-34-27)17-8-4-3-5-9-17/h3-16H,1-2H3,(H,29,30,31). The van der Waals surface area contributed by atoms with E-state index >= 15 is 0 Å². The van der Waals surface area contributed by atoms with Crippen molar-refractivity contribution in [3.63, 3.8) is 0 Å². The Morgan fingerprint density at radius 3 is 2.44 bits per heavy atom. The van der Waals surface area contributed by atoms with Crippen molar-refractivity contribution in [2.75, 3.05) is 19.5 Å². The lowest BCUT2D eigenvalue weighted by Crippen LogP contribution is -2.13. The number of carbonyl (C=O) groups excluding carboxylic acids is 1. The normalized spacial score (nSPS) is 10.8. The van der Waals surface area contributed by atoms with Crippen molar-refractivity contribution >= 4 is 33.3 Å². The van der Waals surface area contributed by atoms with Crippen LogP contribution in [0.25, 0.3) is 33.4 Å². The highest BCUT2D eigenvalue weighted by atomic mass is 32.1. The van der Waals surface area contributed by atoms with E-state index < -0.39 is 0 Å². The monoisotopic (exact) mass is 467 g/mol. The molecule has 0 saturated heterocycles. The quantitative estimate of drug-likeness (QED) is 0.317. The summed E-state index contributed by atoms with van der Waals surface area (Å²) in [5.41, 5.74) is 4.45. The first kappa shape index (κ1) is 21.6. The van der Waals surface area contributed by atoms with Gasteiger partial charge in [-0.15, -0.1) is 11.3 Å². The van der Waals surface area contributed by atoms with Crippen molar-refractivity contribution in [2.45, 2.75) is 0 Å². The summed E-state index contributed by atoms with van der Waals surface area (Å²) >= 11 is 1.39. The Bertz CT molecular complexity index is 1480. The van der Waals surface area contributed by atoms with E-state index in [1.165, 1.54) is 11.3 Å². The maximum atomic E-state index is 13.4. The van der Waals surface area contributed by atoms with Crippen molar-refractivity contribution in [1.82, 2.24) is 9.97 Å². The second-order valence-corrected chi connectivity index (χ2v) is 8.35. The average Bonchev–Trinajstić information content (AvgIpc) is 3.36. The average molecular weight is 468 g/mol. The highest BCUT2D eigenvalue weighted by molar-refractivity contribution is 7.14. The summed E-state index contributed by atoms with van der Waals surface area (Å²) in [7, 11) is 3.20. The highest BCUT2D eigenvalue weighted by Crippen LogP contribution is 2.34. The molecule has 7 heteroatoms. The van der Waals surface area contributed by atoms with Gasteiger partial charge < -0.3 is 9.47 Å². The lowest BCUT2D eigenvalue weighted by atomic mass is 10.0. The van der Waals surface area contributed by atoms with E-state index in [9.17, 15) is 4.79 Å². The molecule has 5 rings (SSSR count). The van der Waals surface area contributed by atoms with Gasteiger partial charge >= 0.3 is 0 Å². The maximum absolute atomic E-state index is 13.4. The molecule has 2 aromatic heterocycles. The van der Waals surface area contributed by atoms with Crippen LogP contribution in [-0.4, -0.2) is 30.1 Å². The zero-order valence-electron chi connectivity index (χ0n) is 18.6. The number of thiazole rings is 1. The third-order valence-electron chi connectivity index (χ3n) is 5.44. The molecule has 0 spiro atoms. The van der Waals surface area contributed by atoms with Crippen LogP contribution in [-0.2, 0) is 0 Å². The van der Waals surface area contributed by atoms with Gasteiger partial charge in [-0.3, -0.25) is 10.1 Å². The molecule has 3 aromatic carbocycles. The molecular weight excluding hydrogens is 446 g/mol. The largest absolute Gasteiger partial charge is 0.497 e. The number of methoxy groups -OCH3 is 2. The minimum atomic E-state index is -0.249. The third kappa shape index (κ3) is 4.21. The summed E-state index contributed by atoms with van der Waals surface area (Å²) in [4.78, 5) is 22.8. The molecule has 0 bridgehead atoms. The molecule has 34 heavy (non-hydrogen) atoms. The molecule has 1 amide bonds. The van der Waals surface area contributed by atoms with Crippen molar-refractivity contribution in [1.29, 1.82) is 0 Å². The Kier molecular flexibility index (Phi) is 5.93. The predicted molar refractivity (Wildman–Crippen MR) is 136 cm³/mol. The fourth-order valence-corrected chi connectivity index (χ4v) is 4.46. The van der Waals surface area contributed by atoms with Gasteiger partial charge in [0.2, 0.25) is 0 Å². The minimum Gasteiger partial charge on any atom is -0.497 e. The number of fused-ring (bicyclic) bond motifs is 1. The fourth-order valence-electron chi connectivity index (χ4n) is 3.75. The number of anilines is 1. The summed E-state index contributed by atoms with van der Waals surface area (Å²) in [6.45, 7) is 0. The third-order valence-corrected chi connectivity index (χ3v) is 6.20. The van der Waals surface area contributed by atoms with Gasteiger partial charge in [0.1, 0.15) is 11.5 Å². The number of benzene rings is 3. The van der Waals surface area contributed by atoms with Gasteiger partial charge in [-0.05, 0) is 24.3 Å². The number of amides is 1. The molecule has 0 radical (unpaired) electrons. The van der Waals surface area contributed by atoms with Crippen molar-refractivity contribution in [2.24, 2.45) is 0 Å². The van der Waals surface area contributed by atoms with Crippen LogP contribution in [0.3, 0.4) is 0 Å². The molecule has 5 aromatic rings. The van der Waals surface area contributed by atoms with Crippen molar-refractivity contribution < 1.29 is 14.3 Å². The van der Waals surface area contributed by atoms with Gasteiger partial charge in [0.25, 0.3) is 5.91 Å². The number of hydrogen-bond acceptors (Lipinski definition) is 6. The Morgan fingerprint density at radius 2 is 1.65 bits per heavy atom. The maximum Gasteiger partial charge on any atom is 0.258 e. The summed E-state index contributed by atoms with van der Waals surface area (Å²) in [6.07, 6.45) is 0. The number of pyridine rings is 1. The van der Waals surface area contributed by atoms with Crippen molar-refractivity contribution in [3.05, 3.63) is 89.8 Å². The Labute approximate surface area is 200 Å². The van der Waals surface area contributed by atoms with E-state index in [2.05, 4.69) is 10.3 Å². The Morgan fingerprint density at radius 1 is 0.853 bits per heavy atom. The topological polar surface area (TPSA) is 73.3 Å². The Balaban J connectivity index is 1.53. The van der Waals surface area contributed by atoms with Crippen LogP contribution in [0.15, 0.2) is 84.2 Å². The zero-order chi connectivity index (χ0) is 23.5. The zero-order valence-corrected chi connectivity index (χ0v) is 19.4. The number of para-hydroxylation sites is 1. The molecule has 0 saturated carbocycles. The van der Waals surface area contributed by atoms with Crippen molar-refractivity contribution in [3.8, 4) is 34.0 Å². The Hall–Kier alpha value is -4.23. The summed E-state index contributed by atoms with van der Waals surface area (Å²) in [5.74, 6) is 1.04. The van der Waals surface area contributed by atoms with E-state index in [1.807, 2.05) is 72.1 Å². The summed E-state index contributed by atoms with van der Waals surface area (Å²) < 4.78 is 10.9. The summed E-state index contributed by atoms with van der Waals surface area (Å²) in [6, 6.07) is 24.8. The van der Waals surface area contributed by atoms with Gasteiger partial charge in [0, 0.05) is 28.0 Å². The van der Waals surface area contributed by atoms with Gasteiger partial charge in [-0.25, -0.2) is 9.97 Å². The SMILES string of the molecule is COc1ccc(-c2cc(C(=O)Nc3nc(-c4ccccc4)cs3)c3ccccc3n2)c(OC)c1. The molecule has 2 heterocycles. The lowest BCUT2D eigenvalue weighted by Gasteiger charge is -2.13. The van der Waals surface area contributed by atoms with Gasteiger partial charge in [-0.2, -0.15) is 0 Å². The van der Waals surface area contributed by atoms with Crippen LogP contribution in [0.4, 0.5) is 5.13 Å². The number of nitrogens with one attached hydrogen (secondary N) is 1. The molecule has 168 valence electrons.